The third-order valence-corrected chi connectivity index (χ3v) is 2.75. The number of thioether (sulfide) groups is 1. The first-order valence-electron chi connectivity index (χ1n) is 4.30. The van der Waals surface area contributed by atoms with Gasteiger partial charge in [0.1, 0.15) is 11.6 Å². The van der Waals surface area contributed by atoms with Crippen LogP contribution in [-0.2, 0) is 0 Å². The third kappa shape index (κ3) is 4.33. The molecule has 0 N–H and O–H groups in total. The predicted octanol–water partition coefficient (Wildman–Crippen LogP) is 3.72. The Kier molecular flexibility index (Phi) is 5.33. The monoisotopic (exact) mass is 278 g/mol. The molecule has 1 aromatic rings. The van der Waals surface area contributed by atoms with E-state index in [2.05, 4.69) is 22.2 Å². The minimum absolute atomic E-state index is 0.278. The van der Waals surface area contributed by atoms with Gasteiger partial charge in [0.2, 0.25) is 0 Å². The molecular formula is C10H12BrFOS. The van der Waals surface area contributed by atoms with Crippen molar-refractivity contribution in [3.8, 4) is 5.75 Å². The average molecular weight is 279 g/mol. The second kappa shape index (κ2) is 6.30. The highest BCUT2D eigenvalue weighted by Crippen LogP contribution is 2.20. The van der Waals surface area contributed by atoms with Crippen molar-refractivity contribution in [1.29, 1.82) is 0 Å². The van der Waals surface area contributed by atoms with Gasteiger partial charge >= 0.3 is 0 Å². The number of hydrogen-bond acceptors (Lipinski definition) is 2. The molecule has 0 amide bonds. The van der Waals surface area contributed by atoms with Crippen LogP contribution in [0, 0.1) is 5.82 Å². The molecule has 1 rings (SSSR count). The van der Waals surface area contributed by atoms with Crippen molar-refractivity contribution in [3.05, 3.63) is 28.5 Å². The molecule has 0 saturated carbocycles. The summed E-state index contributed by atoms with van der Waals surface area (Å²) < 4.78 is 19.0. The van der Waals surface area contributed by atoms with E-state index in [1.807, 2.05) is 0 Å². The molecule has 0 bridgehead atoms. The van der Waals surface area contributed by atoms with E-state index in [1.165, 1.54) is 12.1 Å². The summed E-state index contributed by atoms with van der Waals surface area (Å²) in [6.07, 6.45) is 3.04. The number of benzene rings is 1. The molecule has 0 saturated heterocycles. The van der Waals surface area contributed by atoms with Crippen molar-refractivity contribution in [1.82, 2.24) is 0 Å². The molecular weight excluding hydrogens is 267 g/mol. The lowest BCUT2D eigenvalue weighted by Gasteiger charge is -2.05. The molecule has 1 aromatic carbocycles. The molecule has 0 aromatic heterocycles. The second-order valence-corrected chi connectivity index (χ2v) is 4.70. The molecule has 0 atom stereocenters. The molecule has 0 aliphatic heterocycles. The SMILES string of the molecule is CSCCCOc1cc(F)cc(Br)c1. The number of halogens is 2. The zero-order chi connectivity index (χ0) is 10.4. The lowest BCUT2D eigenvalue weighted by molar-refractivity contribution is 0.317. The van der Waals surface area contributed by atoms with Crippen LogP contribution in [-0.4, -0.2) is 18.6 Å². The maximum Gasteiger partial charge on any atom is 0.128 e. The van der Waals surface area contributed by atoms with E-state index in [-0.39, 0.29) is 5.82 Å². The van der Waals surface area contributed by atoms with Gasteiger partial charge in [-0.15, -0.1) is 0 Å². The second-order valence-electron chi connectivity index (χ2n) is 2.80. The van der Waals surface area contributed by atoms with E-state index in [0.29, 0.717) is 16.8 Å². The highest BCUT2D eigenvalue weighted by molar-refractivity contribution is 9.10. The molecule has 0 spiro atoms. The van der Waals surface area contributed by atoms with E-state index in [0.717, 1.165) is 12.2 Å². The first-order valence-corrected chi connectivity index (χ1v) is 6.49. The van der Waals surface area contributed by atoms with Crippen LogP contribution >= 0.6 is 27.7 Å². The van der Waals surface area contributed by atoms with Gasteiger partial charge in [-0.3, -0.25) is 0 Å². The quantitative estimate of drug-likeness (QED) is 0.760. The molecule has 4 heteroatoms. The van der Waals surface area contributed by atoms with Gasteiger partial charge in [-0.05, 0) is 30.6 Å². The Hall–Kier alpha value is -0.220. The maximum atomic E-state index is 12.9. The Bertz CT molecular complexity index is 273. The highest BCUT2D eigenvalue weighted by atomic mass is 79.9. The van der Waals surface area contributed by atoms with Gasteiger partial charge in [0, 0.05) is 10.5 Å². The summed E-state index contributed by atoms with van der Waals surface area (Å²) in [5.74, 6) is 1.37. The van der Waals surface area contributed by atoms with Gasteiger partial charge in [-0.2, -0.15) is 11.8 Å². The van der Waals surface area contributed by atoms with E-state index in [1.54, 1.807) is 17.8 Å². The molecule has 0 unspecified atom stereocenters. The van der Waals surface area contributed by atoms with Crippen LogP contribution in [0.3, 0.4) is 0 Å². The summed E-state index contributed by atoms with van der Waals surface area (Å²) in [5, 5.41) is 0. The topological polar surface area (TPSA) is 9.23 Å². The van der Waals surface area contributed by atoms with Crippen molar-refractivity contribution >= 4 is 27.7 Å². The molecule has 1 nitrogen and oxygen atoms in total. The Labute approximate surface area is 96.2 Å². The van der Waals surface area contributed by atoms with Crippen LogP contribution in [0.25, 0.3) is 0 Å². The van der Waals surface area contributed by atoms with E-state index in [4.69, 9.17) is 4.74 Å². The minimum atomic E-state index is -0.278. The molecule has 0 aliphatic carbocycles. The van der Waals surface area contributed by atoms with Crippen LogP contribution in [0.2, 0.25) is 0 Å². The van der Waals surface area contributed by atoms with E-state index < -0.39 is 0 Å². The molecule has 0 radical (unpaired) electrons. The van der Waals surface area contributed by atoms with Gasteiger partial charge in [0.15, 0.2) is 0 Å². The van der Waals surface area contributed by atoms with Crippen LogP contribution in [0.4, 0.5) is 4.39 Å². The summed E-state index contributed by atoms with van der Waals surface area (Å²) in [7, 11) is 0. The Morgan fingerprint density at radius 3 is 2.86 bits per heavy atom. The maximum absolute atomic E-state index is 12.9. The molecule has 0 aliphatic rings. The van der Waals surface area contributed by atoms with Gasteiger partial charge in [-0.1, -0.05) is 15.9 Å². The highest BCUT2D eigenvalue weighted by Gasteiger charge is 1.99. The van der Waals surface area contributed by atoms with E-state index in [9.17, 15) is 4.39 Å². The summed E-state index contributed by atoms with van der Waals surface area (Å²) in [6.45, 7) is 0.636. The lowest BCUT2D eigenvalue weighted by atomic mass is 10.3. The zero-order valence-electron chi connectivity index (χ0n) is 7.93. The molecule has 14 heavy (non-hydrogen) atoms. The number of rotatable bonds is 5. The normalized spacial score (nSPS) is 10.2. The number of hydrogen-bond donors (Lipinski definition) is 0. The molecule has 0 heterocycles. The van der Waals surface area contributed by atoms with Gasteiger partial charge in [0.05, 0.1) is 6.61 Å². The fourth-order valence-corrected chi connectivity index (χ4v) is 1.86. The fraction of sp³-hybridized carbons (Fsp3) is 0.400. The van der Waals surface area contributed by atoms with Crippen LogP contribution in [0.1, 0.15) is 6.42 Å². The smallest absolute Gasteiger partial charge is 0.128 e. The van der Waals surface area contributed by atoms with Crippen LogP contribution in [0.15, 0.2) is 22.7 Å². The zero-order valence-corrected chi connectivity index (χ0v) is 10.3. The molecule has 0 fully saturated rings. The van der Waals surface area contributed by atoms with Gasteiger partial charge in [0.25, 0.3) is 0 Å². The summed E-state index contributed by atoms with van der Waals surface area (Å²) in [4.78, 5) is 0. The average Bonchev–Trinajstić information content (AvgIpc) is 2.11. The van der Waals surface area contributed by atoms with Gasteiger partial charge < -0.3 is 4.74 Å². The summed E-state index contributed by atoms with van der Waals surface area (Å²) in [5.41, 5.74) is 0. The van der Waals surface area contributed by atoms with Gasteiger partial charge in [-0.25, -0.2) is 4.39 Å². The van der Waals surface area contributed by atoms with Crippen molar-refractivity contribution in [2.75, 3.05) is 18.6 Å². The van der Waals surface area contributed by atoms with Crippen LogP contribution < -0.4 is 4.74 Å². The first kappa shape index (κ1) is 11.9. The van der Waals surface area contributed by atoms with Crippen molar-refractivity contribution in [2.45, 2.75) is 6.42 Å². The molecule has 78 valence electrons. The largest absolute Gasteiger partial charge is 0.493 e. The minimum Gasteiger partial charge on any atom is -0.493 e. The van der Waals surface area contributed by atoms with Crippen molar-refractivity contribution < 1.29 is 9.13 Å². The lowest BCUT2D eigenvalue weighted by Crippen LogP contribution is -1.98. The van der Waals surface area contributed by atoms with Crippen molar-refractivity contribution in [2.24, 2.45) is 0 Å². The Morgan fingerprint density at radius 2 is 2.21 bits per heavy atom. The third-order valence-electron chi connectivity index (χ3n) is 1.60. The summed E-state index contributed by atoms with van der Waals surface area (Å²) in [6, 6.07) is 4.57. The van der Waals surface area contributed by atoms with Crippen molar-refractivity contribution in [3.63, 3.8) is 0 Å². The predicted molar refractivity (Wildman–Crippen MR) is 62.6 cm³/mol. The standard InChI is InChI=1S/C10H12BrFOS/c1-14-4-2-3-13-10-6-8(11)5-9(12)7-10/h5-7H,2-4H2,1H3. The Balaban J connectivity index is 2.42. The Morgan fingerprint density at radius 1 is 1.43 bits per heavy atom. The first-order chi connectivity index (χ1) is 6.72. The fourth-order valence-electron chi connectivity index (χ4n) is 1.01. The summed E-state index contributed by atoms with van der Waals surface area (Å²) >= 11 is 4.99. The van der Waals surface area contributed by atoms with E-state index >= 15 is 0 Å². The van der Waals surface area contributed by atoms with Crippen LogP contribution in [0.5, 0.6) is 5.75 Å². The number of ether oxygens (including phenoxy) is 1.